The van der Waals surface area contributed by atoms with E-state index in [-0.39, 0.29) is 5.41 Å². The topological polar surface area (TPSA) is 43.3 Å². The average Bonchev–Trinajstić information content (AvgIpc) is 2.90. The van der Waals surface area contributed by atoms with Gasteiger partial charge < -0.3 is 5.73 Å². The number of hydrogen-bond acceptors (Lipinski definition) is 3. The highest BCUT2D eigenvalue weighted by atomic mass is 32.1. The molecular weight excluding hydrogens is 278 g/mol. The first-order valence-corrected chi connectivity index (χ1v) is 8.00. The summed E-state index contributed by atoms with van der Waals surface area (Å²) in [5.74, 6) is 0.758. The minimum Gasteiger partial charge on any atom is -0.383 e. The molecule has 0 aliphatic heterocycles. The third-order valence-electron chi connectivity index (χ3n) is 3.77. The molecule has 2 heterocycles. The van der Waals surface area contributed by atoms with E-state index in [9.17, 15) is 0 Å². The zero-order valence-electron chi connectivity index (χ0n) is 13.2. The van der Waals surface area contributed by atoms with E-state index in [2.05, 4.69) is 62.6 Å². The average molecular weight is 299 g/mol. The number of hydrogen-bond donors (Lipinski definition) is 1. The molecule has 0 fully saturated rings. The Labute approximate surface area is 129 Å². The van der Waals surface area contributed by atoms with Crippen molar-refractivity contribution in [3.05, 3.63) is 40.4 Å². The van der Waals surface area contributed by atoms with Crippen molar-refractivity contribution in [3.8, 4) is 11.3 Å². The molecule has 0 aliphatic rings. The Balaban J connectivity index is 2.27. The lowest BCUT2D eigenvalue weighted by molar-refractivity contribution is 0.576. The van der Waals surface area contributed by atoms with Crippen LogP contribution in [0.2, 0.25) is 0 Å². The van der Waals surface area contributed by atoms with Crippen molar-refractivity contribution >= 4 is 22.1 Å². The summed E-state index contributed by atoms with van der Waals surface area (Å²) in [5.41, 5.74) is 12.2. The van der Waals surface area contributed by atoms with Crippen LogP contribution in [-0.2, 0) is 5.41 Å². The third kappa shape index (κ3) is 2.23. The molecule has 3 aromatic rings. The van der Waals surface area contributed by atoms with Crippen molar-refractivity contribution in [3.63, 3.8) is 0 Å². The minimum absolute atomic E-state index is 0.0462. The maximum atomic E-state index is 6.39. The Morgan fingerprint density at radius 1 is 1.19 bits per heavy atom. The van der Waals surface area contributed by atoms with Crippen LogP contribution in [0.25, 0.3) is 16.2 Å². The molecule has 0 unspecified atom stereocenters. The highest BCUT2D eigenvalue weighted by Crippen LogP contribution is 2.35. The van der Waals surface area contributed by atoms with E-state index in [0.717, 1.165) is 22.2 Å². The molecule has 0 radical (unpaired) electrons. The van der Waals surface area contributed by atoms with Gasteiger partial charge in [-0.15, -0.1) is 11.3 Å². The van der Waals surface area contributed by atoms with Crippen LogP contribution >= 0.6 is 11.3 Å². The lowest BCUT2D eigenvalue weighted by Gasteiger charge is -2.16. The fourth-order valence-corrected chi connectivity index (χ4v) is 3.62. The van der Waals surface area contributed by atoms with Crippen LogP contribution < -0.4 is 5.73 Å². The van der Waals surface area contributed by atoms with E-state index in [0.29, 0.717) is 0 Å². The molecule has 3 rings (SSSR count). The standard InChI is InChI=1S/C17H21N3S/c1-10-6-7-12(11(2)8-10)13-9-21-16-19-14(17(3,4)5)15(18)20(13)16/h6-9H,18H2,1-5H3. The van der Waals surface area contributed by atoms with Crippen LogP contribution in [0.3, 0.4) is 0 Å². The lowest BCUT2D eigenvalue weighted by Crippen LogP contribution is -2.14. The number of rotatable bonds is 1. The summed E-state index contributed by atoms with van der Waals surface area (Å²) < 4.78 is 2.09. The molecule has 0 saturated heterocycles. The van der Waals surface area contributed by atoms with Gasteiger partial charge in [0.05, 0.1) is 11.4 Å². The molecule has 0 atom stereocenters. The summed E-state index contributed by atoms with van der Waals surface area (Å²) in [6.07, 6.45) is 0. The van der Waals surface area contributed by atoms with Gasteiger partial charge in [0.25, 0.3) is 0 Å². The van der Waals surface area contributed by atoms with E-state index < -0.39 is 0 Å². The molecule has 110 valence electrons. The van der Waals surface area contributed by atoms with Gasteiger partial charge in [-0.2, -0.15) is 0 Å². The molecular formula is C17H21N3S. The van der Waals surface area contributed by atoms with Crippen molar-refractivity contribution in [2.24, 2.45) is 0 Å². The van der Waals surface area contributed by atoms with Crippen LogP contribution in [0.15, 0.2) is 23.6 Å². The predicted octanol–water partition coefficient (Wildman–Crippen LogP) is 4.56. The first-order valence-electron chi connectivity index (χ1n) is 7.12. The molecule has 2 N–H and O–H groups in total. The Morgan fingerprint density at radius 2 is 1.90 bits per heavy atom. The van der Waals surface area contributed by atoms with E-state index in [1.807, 2.05) is 0 Å². The zero-order chi connectivity index (χ0) is 15.4. The fourth-order valence-electron chi connectivity index (χ4n) is 2.72. The molecule has 0 saturated carbocycles. The second-order valence-corrected chi connectivity index (χ2v) is 7.49. The van der Waals surface area contributed by atoms with Crippen molar-refractivity contribution in [2.75, 3.05) is 5.73 Å². The van der Waals surface area contributed by atoms with Gasteiger partial charge in [-0.3, -0.25) is 4.40 Å². The van der Waals surface area contributed by atoms with Crippen molar-refractivity contribution in [2.45, 2.75) is 40.0 Å². The Morgan fingerprint density at radius 3 is 2.52 bits per heavy atom. The maximum Gasteiger partial charge on any atom is 0.196 e. The Kier molecular flexibility index (Phi) is 3.10. The van der Waals surface area contributed by atoms with Gasteiger partial charge in [0.2, 0.25) is 0 Å². The van der Waals surface area contributed by atoms with Gasteiger partial charge in [0.1, 0.15) is 5.82 Å². The number of benzene rings is 1. The molecule has 1 aromatic carbocycles. The molecule has 0 spiro atoms. The largest absolute Gasteiger partial charge is 0.383 e. The summed E-state index contributed by atoms with van der Waals surface area (Å²) in [6, 6.07) is 6.52. The van der Waals surface area contributed by atoms with Crippen LogP contribution in [0.4, 0.5) is 5.82 Å². The summed E-state index contributed by atoms with van der Waals surface area (Å²) in [5, 5.41) is 2.14. The maximum absolute atomic E-state index is 6.39. The van der Waals surface area contributed by atoms with Gasteiger partial charge in [0.15, 0.2) is 4.96 Å². The fraction of sp³-hybridized carbons (Fsp3) is 0.353. The number of fused-ring (bicyclic) bond motifs is 1. The number of aromatic nitrogens is 2. The van der Waals surface area contributed by atoms with Crippen LogP contribution in [0.1, 0.15) is 37.6 Å². The third-order valence-corrected chi connectivity index (χ3v) is 4.59. The normalized spacial score (nSPS) is 12.2. The van der Waals surface area contributed by atoms with Gasteiger partial charge in [0, 0.05) is 16.4 Å². The Bertz CT molecular complexity index is 819. The first kappa shape index (κ1) is 14.1. The number of nitrogens with two attached hydrogens (primary N) is 1. The number of imidazole rings is 1. The highest BCUT2D eigenvalue weighted by Gasteiger charge is 2.24. The van der Waals surface area contributed by atoms with Gasteiger partial charge in [-0.05, 0) is 19.4 Å². The lowest BCUT2D eigenvalue weighted by atomic mass is 9.92. The molecule has 3 nitrogen and oxygen atoms in total. The molecule has 2 aromatic heterocycles. The zero-order valence-corrected chi connectivity index (χ0v) is 14.0. The number of aryl methyl sites for hydroxylation is 2. The summed E-state index contributed by atoms with van der Waals surface area (Å²) in [7, 11) is 0. The smallest absolute Gasteiger partial charge is 0.196 e. The van der Waals surface area contributed by atoms with Crippen molar-refractivity contribution in [1.29, 1.82) is 0 Å². The second kappa shape index (κ2) is 4.60. The number of nitrogen functional groups attached to an aromatic ring is 1. The van der Waals surface area contributed by atoms with Crippen LogP contribution in [0, 0.1) is 13.8 Å². The molecule has 4 heteroatoms. The van der Waals surface area contributed by atoms with Gasteiger partial charge >= 0.3 is 0 Å². The van der Waals surface area contributed by atoms with E-state index in [1.54, 1.807) is 11.3 Å². The number of thiazole rings is 1. The summed E-state index contributed by atoms with van der Waals surface area (Å²) in [6.45, 7) is 10.7. The number of anilines is 1. The number of nitrogens with zero attached hydrogens (tertiary/aromatic N) is 2. The van der Waals surface area contributed by atoms with Crippen molar-refractivity contribution in [1.82, 2.24) is 9.38 Å². The van der Waals surface area contributed by atoms with Crippen LogP contribution in [-0.4, -0.2) is 9.38 Å². The monoisotopic (exact) mass is 299 g/mol. The summed E-state index contributed by atoms with van der Waals surface area (Å²) >= 11 is 1.64. The van der Waals surface area contributed by atoms with Gasteiger partial charge in [-0.25, -0.2) is 4.98 Å². The molecule has 0 aliphatic carbocycles. The molecule has 0 bridgehead atoms. The van der Waals surface area contributed by atoms with E-state index in [1.165, 1.54) is 16.7 Å². The predicted molar refractivity (Wildman–Crippen MR) is 91.1 cm³/mol. The van der Waals surface area contributed by atoms with Crippen molar-refractivity contribution < 1.29 is 0 Å². The first-order chi connectivity index (χ1) is 9.79. The highest BCUT2D eigenvalue weighted by molar-refractivity contribution is 7.15. The minimum atomic E-state index is -0.0462. The second-order valence-electron chi connectivity index (χ2n) is 6.65. The Hall–Kier alpha value is -1.81. The molecule has 21 heavy (non-hydrogen) atoms. The van der Waals surface area contributed by atoms with Crippen LogP contribution in [0.5, 0.6) is 0 Å². The van der Waals surface area contributed by atoms with E-state index in [4.69, 9.17) is 10.7 Å². The molecule has 0 amide bonds. The quantitative estimate of drug-likeness (QED) is 0.716. The summed E-state index contributed by atoms with van der Waals surface area (Å²) in [4.78, 5) is 5.70. The van der Waals surface area contributed by atoms with E-state index >= 15 is 0 Å². The van der Waals surface area contributed by atoms with Gasteiger partial charge in [-0.1, -0.05) is 44.5 Å². The SMILES string of the molecule is Cc1ccc(-c2csc3nc(C(C)(C)C)c(N)n23)c(C)c1.